The number of nitrogens with zero attached hydrogens (tertiary/aromatic N) is 4. The van der Waals surface area contributed by atoms with Crippen molar-refractivity contribution >= 4 is 40.5 Å². The van der Waals surface area contributed by atoms with E-state index in [2.05, 4.69) is 74.1 Å². The average molecular weight is 633 g/mol. The average Bonchev–Trinajstić information content (AvgIpc) is 3.64. The largest absolute Gasteiger partial charge is 0.490 e. The van der Waals surface area contributed by atoms with Gasteiger partial charge < -0.3 is 30.5 Å². The first-order valence-corrected chi connectivity index (χ1v) is 14.1. The molecule has 0 unspecified atom stereocenters. The lowest BCUT2D eigenvalue weighted by Gasteiger charge is -2.18. The van der Waals surface area contributed by atoms with E-state index in [-0.39, 0.29) is 17.1 Å². The normalized spacial score (nSPS) is 20.9. The SMILES string of the molecule is CCC(=O)N[C@H]1C[C@@H](n2cnc3c(NCC4c5ccccc5-c5ccccc54)nc(Cl)nc32)[C@H](O)[C@@H]1O.O=C(O)C(F)(F)F. The predicted octanol–water partition coefficient (Wildman–Crippen LogP) is 3.90. The zero-order valence-corrected chi connectivity index (χ0v) is 23.9. The Morgan fingerprint density at radius 1 is 1.02 bits per heavy atom. The topological polar surface area (TPSA) is 162 Å². The second-order valence-electron chi connectivity index (χ2n) is 10.4. The number of carbonyl (C=O) groups excluding carboxylic acids is 1. The summed E-state index contributed by atoms with van der Waals surface area (Å²) in [6.45, 7) is 2.32. The smallest absolute Gasteiger partial charge is 0.475 e. The number of benzene rings is 2. The van der Waals surface area contributed by atoms with Crippen LogP contribution in [0, 0.1) is 0 Å². The highest BCUT2D eigenvalue weighted by molar-refractivity contribution is 6.28. The number of fused-ring (bicyclic) bond motifs is 4. The van der Waals surface area contributed by atoms with Crippen LogP contribution in [0.1, 0.15) is 42.9 Å². The number of alkyl halides is 3. The van der Waals surface area contributed by atoms with Crippen LogP contribution in [0.15, 0.2) is 54.9 Å². The second kappa shape index (κ2) is 12.4. The number of nitrogens with one attached hydrogen (secondary N) is 2. The Morgan fingerprint density at radius 3 is 2.18 bits per heavy atom. The molecule has 0 aliphatic heterocycles. The molecule has 2 aliphatic carbocycles. The van der Waals surface area contributed by atoms with Gasteiger partial charge in [-0.2, -0.15) is 23.1 Å². The molecule has 44 heavy (non-hydrogen) atoms. The minimum Gasteiger partial charge on any atom is -0.475 e. The van der Waals surface area contributed by atoms with Crippen molar-refractivity contribution in [1.29, 1.82) is 0 Å². The number of amides is 1. The van der Waals surface area contributed by atoms with Crippen LogP contribution in [0.3, 0.4) is 0 Å². The summed E-state index contributed by atoms with van der Waals surface area (Å²) < 4.78 is 33.4. The first-order valence-electron chi connectivity index (χ1n) is 13.7. The van der Waals surface area contributed by atoms with Crippen LogP contribution >= 0.6 is 11.6 Å². The van der Waals surface area contributed by atoms with Crippen LogP contribution in [0.5, 0.6) is 0 Å². The fourth-order valence-electron chi connectivity index (χ4n) is 5.67. The van der Waals surface area contributed by atoms with Crippen molar-refractivity contribution in [1.82, 2.24) is 24.8 Å². The summed E-state index contributed by atoms with van der Waals surface area (Å²) in [5.74, 6) is -2.31. The van der Waals surface area contributed by atoms with E-state index in [1.165, 1.54) is 22.3 Å². The summed E-state index contributed by atoms with van der Waals surface area (Å²) >= 11 is 6.33. The molecule has 4 aromatic rings. The maximum atomic E-state index is 11.9. The molecule has 1 amide bonds. The van der Waals surface area contributed by atoms with Gasteiger partial charge in [0.15, 0.2) is 17.0 Å². The second-order valence-corrected chi connectivity index (χ2v) is 10.7. The van der Waals surface area contributed by atoms with Gasteiger partial charge in [-0.3, -0.25) is 4.79 Å². The lowest BCUT2D eigenvalue weighted by molar-refractivity contribution is -0.192. The number of halogens is 4. The van der Waals surface area contributed by atoms with E-state index in [1.807, 2.05) is 0 Å². The number of aromatic nitrogens is 4. The van der Waals surface area contributed by atoms with Crippen LogP contribution in [0.2, 0.25) is 5.28 Å². The number of aliphatic hydroxyl groups excluding tert-OH is 2. The molecule has 2 aromatic heterocycles. The number of aliphatic carboxylic acids is 1. The number of carbonyl (C=O) groups is 2. The monoisotopic (exact) mass is 632 g/mol. The minimum absolute atomic E-state index is 0.0489. The van der Waals surface area contributed by atoms with E-state index in [1.54, 1.807) is 17.8 Å². The lowest BCUT2D eigenvalue weighted by Crippen LogP contribution is -2.42. The predicted molar refractivity (Wildman–Crippen MR) is 154 cm³/mol. The van der Waals surface area contributed by atoms with Crippen molar-refractivity contribution in [3.63, 3.8) is 0 Å². The van der Waals surface area contributed by atoms with Crippen molar-refractivity contribution in [2.45, 2.75) is 56.2 Å². The molecule has 6 rings (SSSR count). The quantitative estimate of drug-likeness (QED) is 0.198. The minimum atomic E-state index is -5.08. The van der Waals surface area contributed by atoms with Gasteiger partial charge in [0.25, 0.3) is 0 Å². The zero-order chi connectivity index (χ0) is 31.8. The first kappa shape index (κ1) is 31.2. The fraction of sp³-hybridized carbons (Fsp3) is 0.345. The highest BCUT2D eigenvalue weighted by Crippen LogP contribution is 2.44. The van der Waals surface area contributed by atoms with E-state index in [0.717, 1.165) is 0 Å². The highest BCUT2D eigenvalue weighted by atomic mass is 35.5. The molecule has 1 saturated carbocycles. The Bertz CT molecular complexity index is 1650. The van der Waals surface area contributed by atoms with Gasteiger partial charge in [-0.15, -0.1) is 0 Å². The van der Waals surface area contributed by atoms with E-state index < -0.39 is 36.4 Å². The van der Waals surface area contributed by atoms with Crippen LogP contribution in [0.25, 0.3) is 22.3 Å². The summed E-state index contributed by atoms with van der Waals surface area (Å²) in [4.78, 5) is 34.1. The number of carboxylic acids is 1. The number of anilines is 1. The van der Waals surface area contributed by atoms with Gasteiger partial charge in [0.2, 0.25) is 11.2 Å². The third-order valence-electron chi connectivity index (χ3n) is 7.75. The molecule has 0 saturated heterocycles. The van der Waals surface area contributed by atoms with Gasteiger partial charge in [-0.05, 0) is 40.3 Å². The lowest BCUT2D eigenvalue weighted by atomic mass is 9.97. The van der Waals surface area contributed by atoms with Crippen molar-refractivity contribution < 1.29 is 38.1 Å². The summed E-state index contributed by atoms with van der Waals surface area (Å²) in [6.07, 6.45) is -5.08. The Labute approximate surface area is 253 Å². The molecule has 15 heteroatoms. The number of imidazole rings is 1. The number of hydrogen-bond acceptors (Lipinski definition) is 8. The molecule has 2 aromatic carbocycles. The van der Waals surface area contributed by atoms with Crippen molar-refractivity contribution in [3.05, 3.63) is 71.3 Å². The molecule has 5 N–H and O–H groups in total. The zero-order valence-electron chi connectivity index (χ0n) is 23.2. The first-order chi connectivity index (χ1) is 20.9. The van der Waals surface area contributed by atoms with E-state index >= 15 is 0 Å². The molecular formula is C29H28ClF3N6O5. The number of hydrogen-bond donors (Lipinski definition) is 5. The molecule has 4 atom stereocenters. The number of carboxylic acid groups (broad SMARTS) is 1. The van der Waals surface area contributed by atoms with Gasteiger partial charge >= 0.3 is 12.1 Å². The Hall–Kier alpha value is -4.27. The Balaban J connectivity index is 0.000000493. The van der Waals surface area contributed by atoms with Crippen LogP contribution in [-0.2, 0) is 9.59 Å². The van der Waals surface area contributed by atoms with Crippen molar-refractivity contribution in [2.75, 3.05) is 11.9 Å². The van der Waals surface area contributed by atoms with Crippen LogP contribution in [-0.4, -0.2) is 77.7 Å². The molecule has 0 bridgehead atoms. The summed E-state index contributed by atoms with van der Waals surface area (Å²) in [5, 5.41) is 34.7. The van der Waals surface area contributed by atoms with Crippen LogP contribution < -0.4 is 10.6 Å². The Kier molecular flexibility index (Phi) is 8.77. The molecule has 0 spiro atoms. The molecular weight excluding hydrogens is 605 g/mol. The third-order valence-corrected chi connectivity index (χ3v) is 7.92. The summed E-state index contributed by atoms with van der Waals surface area (Å²) in [7, 11) is 0. The van der Waals surface area contributed by atoms with Gasteiger partial charge in [0.1, 0.15) is 12.2 Å². The van der Waals surface area contributed by atoms with Crippen molar-refractivity contribution in [3.8, 4) is 11.1 Å². The molecule has 11 nitrogen and oxygen atoms in total. The molecule has 2 aliphatic rings. The standard InChI is InChI=1S/C27H27ClN6O3.C2HF3O2/c1-2-21(35)31-19-11-20(24(37)23(19)36)34-13-30-22-25(32-27(28)33-26(22)34)29-12-18-16-9-5-3-7-14(16)15-8-4-6-10-17(15)18;3-2(4,5)1(6)7/h3-10,13,18-20,23-24,36-37H,2,11-12H2,1H3,(H,31,35)(H,29,32,33);(H,6,7)/t19-,20+,23+,24-;/m0./s1. The molecule has 232 valence electrons. The number of aliphatic hydroxyl groups is 2. The maximum Gasteiger partial charge on any atom is 0.490 e. The fourth-order valence-corrected chi connectivity index (χ4v) is 5.83. The summed E-state index contributed by atoms with van der Waals surface area (Å²) in [5.41, 5.74) is 5.94. The van der Waals surface area contributed by atoms with E-state index in [0.29, 0.717) is 36.4 Å². The van der Waals surface area contributed by atoms with Crippen LogP contribution in [0.4, 0.5) is 19.0 Å². The van der Waals surface area contributed by atoms with Gasteiger partial charge in [-0.1, -0.05) is 55.5 Å². The van der Waals surface area contributed by atoms with Gasteiger partial charge in [-0.25, -0.2) is 9.78 Å². The van der Waals surface area contributed by atoms with Gasteiger partial charge in [0, 0.05) is 18.9 Å². The molecule has 1 fully saturated rings. The molecule has 2 heterocycles. The third kappa shape index (κ3) is 6.05. The highest BCUT2D eigenvalue weighted by Gasteiger charge is 2.44. The van der Waals surface area contributed by atoms with Crippen molar-refractivity contribution in [2.24, 2.45) is 0 Å². The molecule has 0 radical (unpaired) electrons. The number of rotatable bonds is 6. The van der Waals surface area contributed by atoms with E-state index in [9.17, 15) is 28.2 Å². The summed E-state index contributed by atoms with van der Waals surface area (Å²) in [6, 6.07) is 15.7. The van der Waals surface area contributed by atoms with Gasteiger partial charge in [0.05, 0.1) is 18.4 Å². The maximum absolute atomic E-state index is 11.9. The Morgan fingerprint density at radius 2 is 1.61 bits per heavy atom. The van der Waals surface area contributed by atoms with E-state index in [4.69, 9.17) is 21.5 Å².